The average molecular weight is 519 g/mol. The minimum Gasteiger partial charge on any atom is -0.411 e. The fraction of sp³-hybridized carbons (Fsp3) is 0.286. The number of hydrogen-bond donors (Lipinski definition) is 1. The van der Waals surface area contributed by atoms with Crippen molar-refractivity contribution in [1.29, 1.82) is 0 Å². The van der Waals surface area contributed by atoms with Gasteiger partial charge in [-0.05, 0) is 30.3 Å². The van der Waals surface area contributed by atoms with Gasteiger partial charge in [0, 0.05) is 43.6 Å². The van der Waals surface area contributed by atoms with Crippen LogP contribution in [0.25, 0.3) is 11.5 Å². The summed E-state index contributed by atoms with van der Waals surface area (Å²) in [6.45, 7) is 2.05. The molecule has 0 bridgehead atoms. The zero-order valence-corrected chi connectivity index (χ0v) is 20.3. The number of nitro benzene ring substituents is 1. The van der Waals surface area contributed by atoms with Crippen LogP contribution in [0.1, 0.15) is 0 Å². The molecule has 12 nitrogen and oxygen atoms in total. The number of hydrogen-bond acceptors (Lipinski definition) is 10. The number of nitro groups is 1. The molecule has 0 unspecified atom stereocenters. The number of amides is 1. The first-order valence-electron chi connectivity index (χ1n) is 10.5. The van der Waals surface area contributed by atoms with E-state index < -0.39 is 14.9 Å². The summed E-state index contributed by atoms with van der Waals surface area (Å²) in [5.74, 6) is -0.267. The van der Waals surface area contributed by atoms with Gasteiger partial charge in [-0.1, -0.05) is 23.9 Å². The lowest BCUT2D eigenvalue weighted by Crippen LogP contribution is -2.48. The third-order valence-corrected chi connectivity index (χ3v) is 7.41. The molecule has 1 saturated heterocycles. The van der Waals surface area contributed by atoms with Crippen LogP contribution in [0.5, 0.6) is 0 Å². The minimum atomic E-state index is -3.18. The van der Waals surface area contributed by atoms with Crippen molar-refractivity contribution in [2.75, 3.05) is 48.4 Å². The standard InChI is InChI=1S/C21H22N6O6S2/c1-35(31,32)26-12-10-25(11-13-26)16-8-6-15(7-9-16)22-19(28)14-34-21-24-23-20(33-21)17-4-2-3-5-18(17)27(29)30/h2-9H,10-14H2,1H3,(H,22,28). The van der Waals surface area contributed by atoms with Gasteiger partial charge in [-0.25, -0.2) is 8.42 Å². The molecular formula is C21H22N6O6S2. The first-order valence-corrected chi connectivity index (χ1v) is 13.3. The summed E-state index contributed by atoms with van der Waals surface area (Å²) >= 11 is 1.02. The third-order valence-electron chi connectivity index (χ3n) is 5.29. The Bertz CT molecular complexity index is 1320. The maximum atomic E-state index is 12.3. The number of nitrogens with zero attached hydrogens (tertiary/aromatic N) is 5. The van der Waals surface area contributed by atoms with E-state index in [0.717, 1.165) is 17.4 Å². The highest BCUT2D eigenvalue weighted by Gasteiger charge is 2.23. The van der Waals surface area contributed by atoms with Crippen LogP contribution >= 0.6 is 11.8 Å². The molecule has 0 radical (unpaired) electrons. The summed E-state index contributed by atoms with van der Waals surface area (Å²) in [5, 5.41) is 21.8. The van der Waals surface area contributed by atoms with Crippen LogP contribution < -0.4 is 10.2 Å². The monoisotopic (exact) mass is 518 g/mol. The molecule has 0 aliphatic carbocycles. The second-order valence-electron chi connectivity index (χ2n) is 7.68. The average Bonchev–Trinajstić information content (AvgIpc) is 3.32. The van der Waals surface area contributed by atoms with Gasteiger partial charge < -0.3 is 14.6 Å². The van der Waals surface area contributed by atoms with E-state index in [2.05, 4.69) is 20.4 Å². The number of piperazine rings is 1. The van der Waals surface area contributed by atoms with Crippen molar-refractivity contribution in [3.8, 4) is 11.5 Å². The summed E-state index contributed by atoms with van der Waals surface area (Å²) in [6, 6.07) is 13.3. The molecule has 1 N–H and O–H groups in total. The molecule has 2 aromatic carbocycles. The van der Waals surface area contributed by atoms with E-state index in [1.165, 1.54) is 22.7 Å². The normalized spacial score (nSPS) is 14.6. The van der Waals surface area contributed by atoms with Crippen LogP contribution in [0.2, 0.25) is 0 Å². The number of anilines is 2. The van der Waals surface area contributed by atoms with E-state index >= 15 is 0 Å². The first kappa shape index (κ1) is 24.6. The second kappa shape index (κ2) is 10.4. The molecule has 184 valence electrons. The highest BCUT2D eigenvalue weighted by molar-refractivity contribution is 7.99. The number of thioether (sulfide) groups is 1. The maximum absolute atomic E-state index is 12.3. The van der Waals surface area contributed by atoms with E-state index in [-0.39, 0.29) is 34.0 Å². The van der Waals surface area contributed by atoms with E-state index in [4.69, 9.17) is 4.42 Å². The van der Waals surface area contributed by atoms with Crippen molar-refractivity contribution in [3.63, 3.8) is 0 Å². The molecule has 1 aromatic heterocycles. The molecule has 2 heterocycles. The number of carbonyl (C=O) groups excluding carboxylic acids is 1. The lowest BCUT2D eigenvalue weighted by Gasteiger charge is -2.34. The van der Waals surface area contributed by atoms with Crippen LogP contribution in [0.4, 0.5) is 17.1 Å². The number of carbonyl (C=O) groups is 1. The van der Waals surface area contributed by atoms with Crippen molar-refractivity contribution in [3.05, 3.63) is 58.6 Å². The van der Waals surface area contributed by atoms with Gasteiger partial charge in [0.05, 0.1) is 16.9 Å². The van der Waals surface area contributed by atoms with Crippen molar-refractivity contribution in [1.82, 2.24) is 14.5 Å². The highest BCUT2D eigenvalue weighted by atomic mass is 32.2. The molecule has 1 aliphatic heterocycles. The minimum absolute atomic E-state index is 0.00756. The second-order valence-corrected chi connectivity index (χ2v) is 10.6. The van der Waals surface area contributed by atoms with E-state index in [9.17, 15) is 23.3 Å². The van der Waals surface area contributed by atoms with Gasteiger partial charge in [-0.2, -0.15) is 4.31 Å². The fourth-order valence-electron chi connectivity index (χ4n) is 3.55. The highest BCUT2D eigenvalue weighted by Crippen LogP contribution is 2.30. The van der Waals surface area contributed by atoms with E-state index in [1.54, 1.807) is 24.3 Å². The SMILES string of the molecule is CS(=O)(=O)N1CCN(c2ccc(NC(=O)CSc3nnc(-c4ccccc4[N+](=O)[O-])o3)cc2)CC1. The van der Waals surface area contributed by atoms with Gasteiger partial charge in [-0.3, -0.25) is 14.9 Å². The molecule has 1 aliphatic rings. The zero-order chi connectivity index (χ0) is 25.0. The van der Waals surface area contributed by atoms with Crippen LogP contribution in [-0.2, 0) is 14.8 Å². The lowest BCUT2D eigenvalue weighted by atomic mass is 10.2. The van der Waals surface area contributed by atoms with Gasteiger partial charge in [0.2, 0.25) is 15.9 Å². The van der Waals surface area contributed by atoms with Gasteiger partial charge in [0.15, 0.2) is 0 Å². The number of sulfonamides is 1. The first-order chi connectivity index (χ1) is 16.7. The Hall–Kier alpha value is -3.49. The predicted octanol–water partition coefficient (Wildman–Crippen LogP) is 2.46. The molecular weight excluding hydrogens is 496 g/mol. The summed E-state index contributed by atoms with van der Waals surface area (Å²) < 4.78 is 30.2. The predicted molar refractivity (Wildman–Crippen MR) is 131 cm³/mol. The summed E-state index contributed by atoms with van der Waals surface area (Å²) in [5.41, 5.74) is 1.62. The Balaban J connectivity index is 1.29. The van der Waals surface area contributed by atoms with Crippen LogP contribution in [-0.4, -0.2) is 71.9 Å². The van der Waals surface area contributed by atoms with Gasteiger partial charge in [0.1, 0.15) is 5.56 Å². The quantitative estimate of drug-likeness (QED) is 0.267. The van der Waals surface area contributed by atoms with Crippen molar-refractivity contribution in [2.24, 2.45) is 0 Å². The number of para-hydroxylation sites is 1. The van der Waals surface area contributed by atoms with E-state index in [0.29, 0.717) is 31.9 Å². The lowest BCUT2D eigenvalue weighted by molar-refractivity contribution is -0.384. The van der Waals surface area contributed by atoms with Crippen LogP contribution in [0.3, 0.4) is 0 Å². The van der Waals surface area contributed by atoms with Crippen LogP contribution in [0, 0.1) is 10.1 Å². The van der Waals surface area contributed by atoms with Crippen molar-refractivity contribution < 1.29 is 22.6 Å². The van der Waals surface area contributed by atoms with E-state index in [1.807, 2.05) is 12.1 Å². The summed E-state index contributed by atoms with van der Waals surface area (Å²) in [6.07, 6.45) is 1.21. The molecule has 14 heteroatoms. The largest absolute Gasteiger partial charge is 0.411 e. The smallest absolute Gasteiger partial charge is 0.282 e. The number of rotatable bonds is 8. The molecule has 35 heavy (non-hydrogen) atoms. The molecule has 3 aromatic rings. The number of benzene rings is 2. The molecule has 0 spiro atoms. The van der Waals surface area contributed by atoms with Crippen LogP contribution in [0.15, 0.2) is 58.2 Å². The van der Waals surface area contributed by atoms with Gasteiger partial charge >= 0.3 is 0 Å². The zero-order valence-electron chi connectivity index (χ0n) is 18.7. The van der Waals surface area contributed by atoms with Crippen molar-refractivity contribution >= 4 is 44.8 Å². The summed E-state index contributed by atoms with van der Waals surface area (Å²) in [7, 11) is -3.18. The third kappa shape index (κ3) is 6.15. The molecule has 1 fully saturated rings. The maximum Gasteiger partial charge on any atom is 0.282 e. The topological polar surface area (TPSA) is 152 Å². The molecule has 4 rings (SSSR count). The Labute approximate surface area is 205 Å². The Morgan fingerprint density at radius 1 is 1.11 bits per heavy atom. The molecule has 0 saturated carbocycles. The van der Waals surface area contributed by atoms with Crippen molar-refractivity contribution in [2.45, 2.75) is 5.22 Å². The Kier molecular flexibility index (Phi) is 7.33. The molecule has 1 amide bonds. The van der Waals surface area contributed by atoms with Gasteiger partial charge in [-0.15, -0.1) is 10.2 Å². The fourth-order valence-corrected chi connectivity index (χ4v) is 4.94. The van der Waals surface area contributed by atoms with Gasteiger partial charge in [0.25, 0.3) is 16.8 Å². The number of nitrogens with one attached hydrogen (secondary N) is 1. The Morgan fingerprint density at radius 3 is 2.46 bits per heavy atom. The Morgan fingerprint density at radius 2 is 1.80 bits per heavy atom. The molecule has 0 atom stereocenters. The number of aromatic nitrogens is 2. The summed E-state index contributed by atoms with van der Waals surface area (Å²) in [4.78, 5) is 25.1.